The fourth-order valence-electron chi connectivity index (χ4n) is 3.00. The summed E-state index contributed by atoms with van der Waals surface area (Å²) in [6.45, 7) is 6.76. The first-order chi connectivity index (χ1) is 11.1. The summed E-state index contributed by atoms with van der Waals surface area (Å²) in [5.41, 5.74) is 3.76. The second-order valence-electron chi connectivity index (χ2n) is 6.43. The number of aryl methyl sites for hydroxylation is 2. The lowest BCUT2D eigenvalue weighted by Gasteiger charge is -2.19. The lowest BCUT2D eigenvalue weighted by atomic mass is 9.97. The maximum Gasteiger partial charge on any atom is 0.261 e. The third-order valence-electron chi connectivity index (χ3n) is 4.39. The summed E-state index contributed by atoms with van der Waals surface area (Å²) in [6, 6.07) is 6.05. The minimum Gasteiger partial charge on any atom is -0.480 e. The molecule has 1 aromatic carbocycles. The van der Waals surface area contributed by atoms with E-state index in [4.69, 9.17) is 4.74 Å². The van der Waals surface area contributed by atoms with Gasteiger partial charge in [-0.1, -0.05) is 36.3 Å². The summed E-state index contributed by atoms with van der Waals surface area (Å²) in [7, 11) is 0. The molecule has 3 heteroatoms. The number of ether oxygens (including phenoxy) is 1. The molecule has 0 saturated heterocycles. The van der Waals surface area contributed by atoms with Crippen LogP contribution in [0, 0.1) is 13.8 Å². The van der Waals surface area contributed by atoms with Gasteiger partial charge in [0, 0.05) is 6.54 Å². The van der Waals surface area contributed by atoms with Crippen LogP contribution in [0.25, 0.3) is 0 Å². The van der Waals surface area contributed by atoms with Crippen molar-refractivity contribution >= 4 is 5.91 Å². The molecule has 1 atom stereocenters. The van der Waals surface area contributed by atoms with Crippen molar-refractivity contribution in [2.45, 2.75) is 65.4 Å². The molecule has 1 aliphatic carbocycles. The average Bonchev–Trinajstić information content (AvgIpc) is 2.55. The molecule has 1 aromatic rings. The highest BCUT2D eigenvalue weighted by Gasteiger charge is 2.18. The van der Waals surface area contributed by atoms with E-state index in [9.17, 15) is 4.79 Å². The standard InChI is InChI=1S/C20H29NO2/c1-4-18(23-19-11-10-15(2)14-16(19)3)20(22)21-13-12-17-8-6-5-7-9-17/h8,10-11,14,18H,4-7,9,12-13H2,1-3H3,(H,21,22)/t18-/m0/s1. The van der Waals surface area contributed by atoms with Gasteiger partial charge in [-0.3, -0.25) is 4.79 Å². The molecule has 0 aliphatic heterocycles. The van der Waals surface area contributed by atoms with Crippen LogP contribution in [0.15, 0.2) is 29.8 Å². The van der Waals surface area contributed by atoms with Crippen LogP contribution in [0.3, 0.4) is 0 Å². The van der Waals surface area contributed by atoms with Crippen molar-refractivity contribution in [2.75, 3.05) is 6.54 Å². The molecule has 0 unspecified atom stereocenters. The molecule has 0 fully saturated rings. The largest absolute Gasteiger partial charge is 0.480 e. The molecular weight excluding hydrogens is 286 g/mol. The maximum absolute atomic E-state index is 12.3. The summed E-state index contributed by atoms with van der Waals surface area (Å²) in [6.07, 6.45) is 8.51. The van der Waals surface area contributed by atoms with E-state index in [2.05, 4.69) is 24.4 Å². The van der Waals surface area contributed by atoms with Crippen molar-refractivity contribution in [1.29, 1.82) is 0 Å². The van der Waals surface area contributed by atoms with Crippen LogP contribution in [0.1, 0.15) is 56.6 Å². The zero-order chi connectivity index (χ0) is 16.7. The van der Waals surface area contributed by atoms with Crippen LogP contribution in [-0.4, -0.2) is 18.6 Å². The Bertz CT molecular complexity index is 563. The van der Waals surface area contributed by atoms with Gasteiger partial charge in [0.15, 0.2) is 6.10 Å². The van der Waals surface area contributed by atoms with Gasteiger partial charge in [0.2, 0.25) is 0 Å². The number of carbonyl (C=O) groups excluding carboxylic acids is 1. The number of rotatable bonds is 7. The van der Waals surface area contributed by atoms with Gasteiger partial charge in [0.25, 0.3) is 5.91 Å². The third-order valence-corrected chi connectivity index (χ3v) is 4.39. The molecule has 0 spiro atoms. The van der Waals surface area contributed by atoms with E-state index in [1.54, 1.807) is 0 Å². The number of nitrogens with one attached hydrogen (secondary N) is 1. The zero-order valence-corrected chi connectivity index (χ0v) is 14.7. The number of hydrogen-bond donors (Lipinski definition) is 1. The van der Waals surface area contributed by atoms with E-state index >= 15 is 0 Å². The van der Waals surface area contributed by atoms with E-state index < -0.39 is 6.10 Å². The van der Waals surface area contributed by atoms with Crippen LogP contribution in [-0.2, 0) is 4.79 Å². The zero-order valence-electron chi connectivity index (χ0n) is 14.7. The van der Waals surface area contributed by atoms with E-state index in [0.29, 0.717) is 13.0 Å². The molecular formula is C20H29NO2. The summed E-state index contributed by atoms with van der Waals surface area (Å²) in [5, 5.41) is 3.03. The number of amides is 1. The van der Waals surface area contributed by atoms with E-state index in [-0.39, 0.29) is 5.91 Å². The minimum absolute atomic E-state index is 0.0103. The summed E-state index contributed by atoms with van der Waals surface area (Å²) in [5.74, 6) is 0.788. The Morgan fingerprint density at radius 3 is 2.78 bits per heavy atom. The molecule has 126 valence electrons. The second kappa shape index (κ2) is 8.76. The van der Waals surface area contributed by atoms with Crippen LogP contribution < -0.4 is 10.1 Å². The van der Waals surface area contributed by atoms with Crippen LogP contribution in [0.4, 0.5) is 0 Å². The summed E-state index contributed by atoms with van der Waals surface area (Å²) >= 11 is 0. The van der Waals surface area contributed by atoms with Crippen LogP contribution in [0.5, 0.6) is 5.75 Å². The Kier molecular flexibility index (Phi) is 6.69. The van der Waals surface area contributed by atoms with Crippen LogP contribution in [0.2, 0.25) is 0 Å². The van der Waals surface area contributed by atoms with Crippen molar-refractivity contribution < 1.29 is 9.53 Å². The molecule has 0 heterocycles. The molecule has 0 radical (unpaired) electrons. The Hall–Kier alpha value is -1.77. The normalized spacial score (nSPS) is 15.7. The Labute approximate surface area is 140 Å². The maximum atomic E-state index is 12.3. The van der Waals surface area contributed by atoms with Crippen molar-refractivity contribution in [3.05, 3.63) is 41.0 Å². The van der Waals surface area contributed by atoms with Crippen molar-refractivity contribution in [1.82, 2.24) is 5.32 Å². The molecule has 3 nitrogen and oxygen atoms in total. The first-order valence-electron chi connectivity index (χ1n) is 8.79. The predicted octanol–water partition coefficient (Wildman–Crippen LogP) is 4.47. The van der Waals surface area contributed by atoms with Gasteiger partial charge >= 0.3 is 0 Å². The van der Waals surface area contributed by atoms with Crippen molar-refractivity contribution in [3.63, 3.8) is 0 Å². The monoisotopic (exact) mass is 315 g/mol. The average molecular weight is 315 g/mol. The first-order valence-corrected chi connectivity index (χ1v) is 8.79. The molecule has 2 rings (SSSR count). The van der Waals surface area contributed by atoms with Gasteiger partial charge in [-0.2, -0.15) is 0 Å². The van der Waals surface area contributed by atoms with Gasteiger partial charge in [0.1, 0.15) is 5.75 Å². The Morgan fingerprint density at radius 2 is 2.13 bits per heavy atom. The topological polar surface area (TPSA) is 38.3 Å². The molecule has 1 amide bonds. The van der Waals surface area contributed by atoms with Gasteiger partial charge in [-0.15, -0.1) is 0 Å². The lowest BCUT2D eigenvalue weighted by molar-refractivity contribution is -0.128. The quantitative estimate of drug-likeness (QED) is 0.754. The fraction of sp³-hybridized carbons (Fsp3) is 0.550. The molecule has 0 aromatic heterocycles. The second-order valence-corrected chi connectivity index (χ2v) is 6.43. The highest BCUT2D eigenvalue weighted by molar-refractivity contribution is 5.81. The highest BCUT2D eigenvalue weighted by atomic mass is 16.5. The number of carbonyl (C=O) groups is 1. The summed E-state index contributed by atoms with van der Waals surface area (Å²) in [4.78, 5) is 12.3. The highest BCUT2D eigenvalue weighted by Crippen LogP contribution is 2.21. The summed E-state index contributed by atoms with van der Waals surface area (Å²) < 4.78 is 5.93. The third kappa shape index (κ3) is 5.42. The van der Waals surface area contributed by atoms with E-state index in [1.807, 2.05) is 26.0 Å². The van der Waals surface area contributed by atoms with Gasteiger partial charge in [-0.05, 0) is 64.0 Å². The predicted molar refractivity (Wildman–Crippen MR) is 94.8 cm³/mol. The van der Waals surface area contributed by atoms with Gasteiger partial charge in [-0.25, -0.2) is 0 Å². The van der Waals surface area contributed by atoms with E-state index in [1.165, 1.54) is 36.8 Å². The van der Waals surface area contributed by atoms with Gasteiger partial charge < -0.3 is 10.1 Å². The SMILES string of the molecule is CC[C@H](Oc1ccc(C)cc1C)C(=O)NCCC1=CCCCC1. The number of hydrogen-bond acceptors (Lipinski definition) is 2. The molecule has 0 saturated carbocycles. The Morgan fingerprint density at radius 1 is 1.30 bits per heavy atom. The van der Waals surface area contributed by atoms with Crippen LogP contribution >= 0.6 is 0 Å². The first kappa shape index (κ1) is 17.6. The Balaban J connectivity index is 1.84. The smallest absolute Gasteiger partial charge is 0.261 e. The van der Waals surface area contributed by atoms with E-state index in [0.717, 1.165) is 17.7 Å². The molecule has 1 aliphatic rings. The van der Waals surface area contributed by atoms with Crippen molar-refractivity contribution in [2.24, 2.45) is 0 Å². The lowest BCUT2D eigenvalue weighted by Crippen LogP contribution is -2.38. The molecule has 1 N–H and O–H groups in total. The minimum atomic E-state index is -0.420. The number of benzene rings is 1. The fourth-order valence-corrected chi connectivity index (χ4v) is 3.00. The number of allylic oxidation sites excluding steroid dienone is 1. The molecule has 0 bridgehead atoms. The van der Waals surface area contributed by atoms with Crippen molar-refractivity contribution in [3.8, 4) is 5.75 Å². The molecule has 23 heavy (non-hydrogen) atoms. The van der Waals surface area contributed by atoms with Gasteiger partial charge in [0.05, 0.1) is 0 Å².